The van der Waals surface area contributed by atoms with Crippen LogP contribution in [0.15, 0.2) is 54.6 Å². The van der Waals surface area contributed by atoms with Crippen molar-refractivity contribution in [3.05, 3.63) is 54.6 Å². The first-order chi connectivity index (χ1) is 13.7. The summed E-state index contributed by atoms with van der Waals surface area (Å²) in [5, 5.41) is 4.31. The lowest BCUT2D eigenvalue weighted by Crippen LogP contribution is -2.41. The van der Waals surface area contributed by atoms with Crippen molar-refractivity contribution in [2.45, 2.75) is 12.8 Å². The standard InChI is InChI=1S/C23H27N3O2/c1-28-13-12-26-11-5-8-19(16-26)23(27)24-20-9-4-7-17(14-20)22-15-18-6-2-3-10-21(18)25-22/h2-4,6-7,9-10,14-15,19,25H,5,8,11-13,16H2,1H3,(H,24,27). The van der Waals surface area contributed by atoms with Crippen molar-refractivity contribution in [2.24, 2.45) is 5.92 Å². The normalized spacial score (nSPS) is 17.7. The molecule has 2 heterocycles. The first-order valence-electron chi connectivity index (χ1n) is 9.93. The average Bonchev–Trinajstić information content (AvgIpc) is 3.17. The predicted octanol–water partition coefficient (Wildman–Crippen LogP) is 4.13. The van der Waals surface area contributed by atoms with Gasteiger partial charge in [-0.2, -0.15) is 0 Å². The summed E-state index contributed by atoms with van der Waals surface area (Å²) in [7, 11) is 1.72. The number of likely N-dealkylation sites (tertiary alicyclic amines) is 1. The Balaban J connectivity index is 1.45. The third kappa shape index (κ3) is 4.26. The zero-order valence-corrected chi connectivity index (χ0v) is 16.3. The van der Waals surface area contributed by atoms with Crippen LogP contribution in [0.5, 0.6) is 0 Å². The summed E-state index contributed by atoms with van der Waals surface area (Å²) in [5.41, 5.74) is 4.08. The number of carbonyl (C=O) groups excluding carboxylic acids is 1. The Kier molecular flexibility index (Phi) is 5.74. The third-order valence-corrected chi connectivity index (χ3v) is 5.46. The summed E-state index contributed by atoms with van der Waals surface area (Å²) in [6, 6.07) is 18.4. The molecule has 3 aromatic rings. The summed E-state index contributed by atoms with van der Waals surface area (Å²) in [5.74, 6) is 0.137. The van der Waals surface area contributed by atoms with Gasteiger partial charge in [-0.3, -0.25) is 4.79 Å². The van der Waals surface area contributed by atoms with E-state index >= 15 is 0 Å². The predicted molar refractivity (Wildman–Crippen MR) is 113 cm³/mol. The summed E-state index contributed by atoms with van der Waals surface area (Å²) in [6.07, 6.45) is 1.99. The van der Waals surface area contributed by atoms with E-state index in [9.17, 15) is 4.79 Å². The van der Waals surface area contributed by atoms with Crippen LogP contribution < -0.4 is 5.32 Å². The van der Waals surface area contributed by atoms with Crippen LogP contribution in [0.1, 0.15) is 12.8 Å². The Labute approximate surface area is 165 Å². The maximum Gasteiger partial charge on any atom is 0.228 e. The molecular formula is C23H27N3O2. The van der Waals surface area contributed by atoms with E-state index in [1.54, 1.807) is 7.11 Å². The van der Waals surface area contributed by atoms with Crippen LogP contribution in [0.3, 0.4) is 0 Å². The van der Waals surface area contributed by atoms with E-state index in [0.29, 0.717) is 6.61 Å². The molecule has 0 saturated carbocycles. The number of aromatic amines is 1. The molecule has 146 valence electrons. The molecule has 1 aliphatic heterocycles. The Hall–Kier alpha value is -2.63. The number of nitrogens with zero attached hydrogens (tertiary/aromatic N) is 1. The van der Waals surface area contributed by atoms with Gasteiger partial charge >= 0.3 is 0 Å². The molecule has 1 atom stereocenters. The third-order valence-electron chi connectivity index (χ3n) is 5.46. The van der Waals surface area contributed by atoms with Crippen molar-refractivity contribution in [2.75, 3.05) is 38.7 Å². The van der Waals surface area contributed by atoms with E-state index < -0.39 is 0 Å². The number of hydrogen-bond acceptors (Lipinski definition) is 3. The van der Waals surface area contributed by atoms with Gasteiger partial charge in [-0.1, -0.05) is 30.3 Å². The Morgan fingerprint density at radius 3 is 2.96 bits per heavy atom. The molecule has 2 aromatic carbocycles. The molecule has 1 amide bonds. The highest BCUT2D eigenvalue weighted by Crippen LogP contribution is 2.26. The van der Waals surface area contributed by atoms with Gasteiger partial charge in [0, 0.05) is 48.0 Å². The number of benzene rings is 2. The summed E-state index contributed by atoms with van der Waals surface area (Å²) in [6.45, 7) is 3.44. The second-order valence-corrected chi connectivity index (χ2v) is 7.47. The molecule has 5 nitrogen and oxygen atoms in total. The first kappa shape index (κ1) is 18.7. The Morgan fingerprint density at radius 1 is 1.21 bits per heavy atom. The van der Waals surface area contributed by atoms with Gasteiger partial charge in [0.15, 0.2) is 0 Å². The number of nitrogens with one attached hydrogen (secondary N) is 2. The van der Waals surface area contributed by atoms with Gasteiger partial charge < -0.3 is 19.9 Å². The minimum Gasteiger partial charge on any atom is -0.383 e. The van der Waals surface area contributed by atoms with Gasteiger partial charge in [-0.15, -0.1) is 0 Å². The highest BCUT2D eigenvalue weighted by molar-refractivity contribution is 5.94. The van der Waals surface area contributed by atoms with Crippen LogP contribution >= 0.6 is 0 Å². The van der Waals surface area contributed by atoms with Crippen molar-refractivity contribution in [1.82, 2.24) is 9.88 Å². The Morgan fingerprint density at radius 2 is 2.11 bits per heavy atom. The van der Waals surface area contributed by atoms with E-state index in [1.165, 1.54) is 5.39 Å². The molecule has 1 aromatic heterocycles. The van der Waals surface area contributed by atoms with Crippen molar-refractivity contribution in [3.8, 4) is 11.3 Å². The molecule has 28 heavy (non-hydrogen) atoms. The number of fused-ring (bicyclic) bond motifs is 1. The maximum atomic E-state index is 12.8. The summed E-state index contributed by atoms with van der Waals surface area (Å²) >= 11 is 0. The molecule has 1 aliphatic rings. The quantitative estimate of drug-likeness (QED) is 0.679. The molecular weight excluding hydrogens is 350 g/mol. The van der Waals surface area contributed by atoms with Crippen LogP contribution in [-0.2, 0) is 9.53 Å². The number of aromatic nitrogens is 1. The minimum absolute atomic E-state index is 0.0299. The molecule has 0 spiro atoms. The molecule has 2 N–H and O–H groups in total. The lowest BCUT2D eigenvalue weighted by molar-refractivity contribution is -0.121. The van der Waals surface area contributed by atoms with Gasteiger partial charge in [-0.25, -0.2) is 0 Å². The molecule has 4 rings (SSSR count). The van der Waals surface area contributed by atoms with Crippen molar-refractivity contribution in [3.63, 3.8) is 0 Å². The largest absolute Gasteiger partial charge is 0.383 e. The number of H-pyrrole nitrogens is 1. The topological polar surface area (TPSA) is 57.4 Å². The second-order valence-electron chi connectivity index (χ2n) is 7.47. The number of hydrogen-bond donors (Lipinski definition) is 2. The zero-order valence-electron chi connectivity index (χ0n) is 16.3. The SMILES string of the molecule is COCCN1CCCC(C(=O)Nc2cccc(-c3cc4ccccc4[nH]3)c2)C1. The lowest BCUT2D eigenvalue weighted by Gasteiger charge is -2.31. The molecule has 1 saturated heterocycles. The van der Waals surface area contributed by atoms with Gasteiger partial charge in [0.25, 0.3) is 0 Å². The maximum absolute atomic E-state index is 12.8. The lowest BCUT2D eigenvalue weighted by atomic mass is 9.97. The number of rotatable bonds is 6. The smallest absolute Gasteiger partial charge is 0.228 e. The molecule has 0 bridgehead atoms. The number of carbonyl (C=O) groups is 1. The fourth-order valence-electron chi connectivity index (χ4n) is 3.93. The van der Waals surface area contributed by atoms with E-state index in [2.05, 4.69) is 39.5 Å². The van der Waals surface area contributed by atoms with E-state index in [0.717, 1.165) is 54.9 Å². The van der Waals surface area contributed by atoms with Crippen LogP contribution in [0.25, 0.3) is 22.2 Å². The van der Waals surface area contributed by atoms with Crippen LogP contribution in [-0.4, -0.2) is 49.1 Å². The summed E-state index contributed by atoms with van der Waals surface area (Å²) < 4.78 is 5.17. The van der Waals surface area contributed by atoms with Crippen molar-refractivity contribution >= 4 is 22.5 Å². The number of ether oxygens (including phenoxy) is 1. The number of anilines is 1. The Bertz CT molecular complexity index is 917. The van der Waals surface area contributed by atoms with Gasteiger partial charge in [0.2, 0.25) is 5.91 Å². The molecule has 5 heteroatoms. The zero-order chi connectivity index (χ0) is 19.3. The minimum atomic E-state index is 0.0299. The fraction of sp³-hybridized carbons (Fsp3) is 0.348. The molecule has 1 unspecified atom stereocenters. The average molecular weight is 377 g/mol. The van der Waals surface area contributed by atoms with Crippen LogP contribution in [0.2, 0.25) is 0 Å². The van der Waals surface area contributed by atoms with Gasteiger partial charge in [0.05, 0.1) is 12.5 Å². The van der Waals surface area contributed by atoms with Crippen LogP contribution in [0, 0.1) is 5.92 Å². The summed E-state index contributed by atoms with van der Waals surface area (Å²) in [4.78, 5) is 18.6. The van der Waals surface area contributed by atoms with E-state index in [4.69, 9.17) is 4.74 Å². The van der Waals surface area contributed by atoms with E-state index in [-0.39, 0.29) is 11.8 Å². The van der Waals surface area contributed by atoms with Crippen LogP contribution in [0.4, 0.5) is 5.69 Å². The molecule has 1 fully saturated rings. The van der Waals surface area contributed by atoms with Crippen molar-refractivity contribution in [1.29, 1.82) is 0 Å². The first-order valence-corrected chi connectivity index (χ1v) is 9.93. The van der Waals surface area contributed by atoms with Crippen molar-refractivity contribution < 1.29 is 9.53 Å². The number of para-hydroxylation sites is 1. The monoisotopic (exact) mass is 377 g/mol. The number of amides is 1. The highest BCUT2D eigenvalue weighted by Gasteiger charge is 2.25. The fourth-order valence-corrected chi connectivity index (χ4v) is 3.93. The highest BCUT2D eigenvalue weighted by atomic mass is 16.5. The van der Waals surface area contributed by atoms with E-state index in [1.807, 2.05) is 30.3 Å². The molecule has 0 radical (unpaired) electrons. The molecule has 0 aliphatic carbocycles. The second kappa shape index (κ2) is 8.59. The number of piperidine rings is 1. The van der Waals surface area contributed by atoms with Gasteiger partial charge in [0.1, 0.15) is 0 Å². The van der Waals surface area contributed by atoms with Gasteiger partial charge in [-0.05, 0) is 43.7 Å². The number of methoxy groups -OCH3 is 1.